The van der Waals surface area contributed by atoms with Crippen LogP contribution in [0.3, 0.4) is 0 Å². The Morgan fingerprint density at radius 1 is 1.12 bits per heavy atom. The number of ether oxygens (including phenoxy) is 1. The Labute approximate surface area is 195 Å². The maximum atomic E-state index is 13.9. The number of benzene rings is 1. The van der Waals surface area contributed by atoms with Crippen LogP contribution in [-0.2, 0) is 20.9 Å². The number of Topliss-reactive ketones (excluding diaryl/α,β-unsaturated/α-hetero) is 1. The van der Waals surface area contributed by atoms with E-state index in [2.05, 4.69) is 0 Å². The van der Waals surface area contributed by atoms with E-state index in [1.54, 1.807) is 0 Å². The van der Waals surface area contributed by atoms with Crippen molar-refractivity contribution >= 4 is 11.8 Å². The Bertz CT molecular complexity index is 815. The third-order valence-electron chi connectivity index (χ3n) is 5.92. The highest BCUT2D eigenvalue weighted by molar-refractivity contribution is 5.99. The molecule has 4 nitrogen and oxygen atoms in total. The van der Waals surface area contributed by atoms with Crippen molar-refractivity contribution in [3.05, 3.63) is 59.2 Å². The first-order valence-corrected chi connectivity index (χ1v) is 12.0. The summed E-state index contributed by atoms with van der Waals surface area (Å²) < 4.78 is 33.2. The second-order valence-electron chi connectivity index (χ2n) is 8.66. The van der Waals surface area contributed by atoms with E-state index in [0.29, 0.717) is 44.1 Å². The van der Waals surface area contributed by atoms with Gasteiger partial charge in [-0.3, -0.25) is 9.59 Å². The quantitative estimate of drug-likeness (QED) is 0.240. The first-order chi connectivity index (χ1) is 15.8. The Balaban J connectivity index is 1.70. The van der Waals surface area contributed by atoms with Gasteiger partial charge < -0.3 is 9.84 Å². The van der Waals surface area contributed by atoms with Crippen molar-refractivity contribution in [1.82, 2.24) is 0 Å². The second-order valence-corrected chi connectivity index (χ2v) is 8.66. The van der Waals surface area contributed by atoms with Gasteiger partial charge in [-0.15, -0.1) is 0 Å². The molecule has 1 aliphatic carbocycles. The Morgan fingerprint density at radius 3 is 2.58 bits per heavy atom. The molecule has 1 atom stereocenters. The van der Waals surface area contributed by atoms with Gasteiger partial charge in [0.25, 0.3) is 5.92 Å². The SMILES string of the molecule is CCCCC(F)(F)C(O)C=CC1=C(CCCCCCC(=O)OCc2ccccc2)C(=O)CC1. The van der Waals surface area contributed by atoms with Gasteiger partial charge in [-0.1, -0.05) is 62.6 Å². The molecule has 1 aromatic carbocycles. The molecule has 182 valence electrons. The molecule has 6 heteroatoms. The lowest BCUT2D eigenvalue weighted by molar-refractivity contribution is -0.145. The summed E-state index contributed by atoms with van der Waals surface area (Å²) in [5.74, 6) is -3.31. The molecule has 0 amide bonds. The fraction of sp³-hybridized carbons (Fsp3) is 0.556. The van der Waals surface area contributed by atoms with Crippen LogP contribution in [-0.4, -0.2) is 28.9 Å². The van der Waals surface area contributed by atoms with Gasteiger partial charge in [-0.25, -0.2) is 8.78 Å². The van der Waals surface area contributed by atoms with Crippen LogP contribution < -0.4 is 0 Å². The third kappa shape index (κ3) is 9.58. The number of hydrogen-bond acceptors (Lipinski definition) is 4. The average Bonchev–Trinajstić information content (AvgIpc) is 3.16. The minimum absolute atomic E-state index is 0.0615. The maximum Gasteiger partial charge on any atom is 0.306 e. The van der Waals surface area contributed by atoms with Crippen LogP contribution in [0.15, 0.2) is 53.6 Å². The van der Waals surface area contributed by atoms with Crippen molar-refractivity contribution in [3.63, 3.8) is 0 Å². The zero-order valence-corrected chi connectivity index (χ0v) is 19.5. The maximum absolute atomic E-state index is 13.9. The number of carbonyl (C=O) groups excluding carboxylic acids is 2. The minimum atomic E-state index is -3.15. The van der Waals surface area contributed by atoms with E-state index < -0.39 is 12.0 Å². The Kier molecular flexibility index (Phi) is 11.4. The molecule has 1 unspecified atom stereocenters. The van der Waals surface area contributed by atoms with Gasteiger partial charge in [0.2, 0.25) is 0 Å². The highest BCUT2D eigenvalue weighted by Crippen LogP contribution is 2.30. The minimum Gasteiger partial charge on any atom is -0.461 e. The van der Waals surface area contributed by atoms with Crippen LogP contribution in [0, 0.1) is 0 Å². The van der Waals surface area contributed by atoms with Crippen molar-refractivity contribution in [2.24, 2.45) is 0 Å². The predicted octanol–water partition coefficient (Wildman–Crippen LogP) is 6.47. The molecule has 1 aliphatic rings. The monoisotopic (exact) mass is 462 g/mol. The summed E-state index contributed by atoms with van der Waals surface area (Å²) in [5.41, 5.74) is 2.41. The highest BCUT2D eigenvalue weighted by Gasteiger charge is 2.35. The Hall–Kier alpha value is -2.34. The normalized spacial score (nSPS) is 15.5. The molecule has 0 heterocycles. The van der Waals surface area contributed by atoms with Gasteiger partial charge in [0.15, 0.2) is 5.78 Å². The number of allylic oxidation sites excluding steroid dienone is 3. The van der Waals surface area contributed by atoms with E-state index in [1.165, 1.54) is 6.08 Å². The largest absolute Gasteiger partial charge is 0.461 e. The number of alkyl halides is 2. The van der Waals surface area contributed by atoms with Gasteiger partial charge >= 0.3 is 5.97 Å². The van der Waals surface area contributed by atoms with Crippen molar-refractivity contribution < 1.29 is 28.2 Å². The van der Waals surface area contributed by atoms with Crippen LogP contribution >= 0.6 is 0 Å². The van der Waals surface area contributed by atoms with Crippen LogP contribution in [0.25, 0.3) is 0 Å². The van der Waals surface area contributed by atoms with Crippen LogP contribution in [0.1, 0.15) is 83.1 Å². The molecule has 33 heavy (non-hydrogen) atoms. The molecule has 0 radical (unpaired) electrons. The second kappa shape index (κ2) is 14.0. The Morgan fingerprint density at radius 2 is 1.85 bits per heavy atom. The molecular formula is C27H36F2O4. The molecule has 0 saturated carbocycles. The van der Waals surface area contributed by atoms with Crippen LogP contribution in [0.5, 0.6) is 0 Å². The molecule has 0 aliphatic heterocycles. The van der Waals surface area contributed by atoms with Crippen molar-refractivity contribution in [3.8, 4) is 0 Å². The standard InChI is InChI=1S/C27H36F2O4/c1-2-3-19-27(28,29)25(31)18-16-22-15-17-24(30)23(22)13-9-4-5-10-14-26(32)33-20-21-11-7-6-8-12-21/h6-8,11-12,16,18,25,31H,2-5,9-10,13-15,17,19-20H2,1H3. The highest BCUT2D eigenvalue weighted by atomic mass is 19.3. The number of rotatable bonds is 15. The summed E-state index contributed by atoms with van der Waals surface area (Å²) in [4.78, 5) is 24.0. The van der Waals surface area contributed by atoms with Crippen molar-refractivity contribution in [1.29, 1.82) is 0 Å². The van der Waals surface area contributed by atoms with E-state index in [0.717, 1.165) is 42.9 Å². The van der Waals surface area contributed by atoms with E-state index >= 15 is 0 Å². The summed E-state index contributed by atoms with van der Waals surface area (Å²) in [6.45, 7) is 2.11. The van der Waals surface area contributed by atoms with E-state index in [1.807, 2.05) is 37.3 Å². The van der Waals surface area contributed by atoms with Gasteiger partial charge in [0.05, 0.1) is 0 Å². The number of esters is 1. The average molecular weight is 463 g/mol. The number of aliphatic hydroxyl groups is 1. The van der Waals surface area contributed by atoms with E-state index in [4.69, 9.17) is 4.74 Å². The number of carbonyl (C=O) groups is 2. The molecule has 0 saturated heterocycles. The first kappa shape index (κ1) is 26.9. The fourth-order valence-electron chi connectivity index (χ4n) is 3.86. The van der Waals surface area contributed by atoms with Crippen molar-refractivity contribution in [2.45, 2.75) is 96.2 Å². The third-order valence-corrected chi connectivity index (χ3v) is 5.92. The van der Waals surface area contributed by atoms with Gasteiger partial charge in [-0.05, 0) is 54.9 Å². The van der Waals surface area contributed by atoms with Crippen LogP contribution in [0.2, 0.25) is 0 Å². The summed E-state index contributed by atoms with van der Waals surface area (Å²) in [6.07, 6.45) is 6.60. The number of halogens is 2. The number of aliphatic hydroxyl groups excluding tert-OH is 1. The van der Waals surface area contributed by atoms with E-state index in [-0.39, 0.29) is 24.8 Å². The number of ketones is 1. The molecule has 0 fully saturated rings. The molecule has 0 bridgehead atoms. The zero-order chi connectivity index (χ0) is 24.1. The number of unbranched alkanes of at least 4 members (excludes halogenated alkanes) is 4. The van der Waals surface area contributed by atoms with E-state index in [9.17, 15) is 23.5 Å². The fourth-order valence-corrected chi connectivity index (χ4v) is 3.86. The lowest BCUT2D eigenvalue weighted by atomic mass is 10.0. The molecular weight excluding hydrogens is 426 g/mol. The number of hydrogen-bond donors (Lipinski definition) is 1. The zero-order valence-electron chi connectivity index (χ0n) is 19.5. The lowest BCUT2D eigenvalue weighted by Crippen LogP contribution is -2.31. The van der Waals surface area contributed by atoms with Gasteiger partial charge in [0, 0.05) is 19.3 Å². The summed E-state index contributed by atoms with van der Waals surface area (Å²) >= 11 is 0. The smallest absolute Gasteiger partial charge is 0.306 e. The predicted molar refractivity (Wildman–Crippen MR) is 125 cm³/mol. The molecule has 1 N–H and O–H groups in total. The molecule has 2 rings (SSSR count). The lowest BCUT2D eigenvalue weighted by Gasteiger charge is -2.19. The first-order valence-electron chi connectivity index (χ1n) is 12.0. The summed E-state index contributed by atoms with van der Waals surface area (Å²) in [6, 6.07) is 9.54. The topological polar surface area (TPSA) is 63.6 Å². The summed E-state index contributed by atoms with van der Waals surface area (Å²) in [7, 11) is 0. The van der Waals surface area contributed by atoms with Crippen LogP contribution in [0.4, 0.5) is 8.78 Å². The van der Waals surface area contributed by atoms with Crippen molar-refractivity contribution in [2.75, 3.05) is 0 Å². The molecule has 1 aromatic rings. The molecule has 0 spiro atoms. The van der Waals surface area contributed by atoms with Gasteiger partial charge in [-0.2, -0.15) is 0 Å². The van der Waals surface area contributed by atoms with Gasteiger partial charge in [0.1, 0.15) is 12.7 Å². The summed E-state index contributed by atoms with van der Waals surface area (Å²) in [5, 5.41) is 9.85. The molecule has 0 aromatic heterocycles.